The number of hydrogen-bond acceptors (Lipinski definition) is 3. The summed E-state index contributed by atoms with van der Waals surface area (Å²) in [5.74, 6) is 0. The fraction of sp³-hybridized carbons (Fsp3) is 0.875. The van der Waals surface area contributed by atoms with Gasteiger partial charge in [0.05, 0.1) is 26.4 Å². The average Bonchev–Trinajstić information content (AvgIpc) is 2.56. The second kappa shape index (κ2) is 1.79. The lowest BCUT2D eigenvalue weighted by Gasteiger charge is -2.59. The van der Waals surface area contributed by atoms with Gasteiger partial charge in [-0.2, -0.15) is 0 Å². The smallest absolute Gasteiger partial charge is 0.0606 e. The molecule has 3 aliphatic rings. The fourth-order valence-corrected chi connectivity index (χ4v) is 2.69. The maximum Gasteiger partial charge on any atom is 0.0606 e. The molecule has 3 nitrogen and oxygen atoms in total. The quantitative estimate of drug-likeness (QED) is 0.454. The Hall–Kier alpha value is -0.120. The summed E-state index contributed by atoms with van der Waals surface area (Å²) in [6, 6.07) is 1.07. The van der Waals surface area contributed by atoms with Crippen molar-refractivity contribution in [1.29, 1.82) is 0 Å². The number of hydrogen-bond donors (Lipinski definition) is 0. The first-order valence-electron chi connectivity index (χ1n) is 4.09. The van der Waals surface area contributed by atoms with E-state index >= 15 is 0 Å². The van der Waals surface area contributed by atoms with Crippen LogP contribution in [-0.2, 0) is 9.47 Å². The molecule has 0 aromatic heterocycles. The van der Waals surface area contributed by atoms with Crippen LogP contribution in [0, 0.1) is 12.5 Å². The minimum atomic E-state index is 0.335. The molecule has 3 heterocycles. The molecule has 0 aromatic carbocycles. The van der Waals surface area contributed by atoms with E-state index in [0.29, 0.717) is 17.5 Å². The number of likely N-dealkylation sites (tertiary alicyclic amines) is 1. The van der Waals surface area contributed by atoms with E-state index in [-0.39, 0.29) is 0 Å². The van der Waals surface area contributed by atoms with E-state index in [0.717, 1.165) is 26.4 Å². The summed E-state index contributed by atoms with van der Waals surface area (Å²) in [7, 11) is 4.00. The van der Waals surface area contributed by atoms with E-state index in [1.807, 2.05) is 0 Å². The molecule has 0 aliphatic carbocycles. The van der Waals surface area contributed by atoms with Crippen LogP contribution in [0.15, 0.2) is 0 Å². The monoisotopic (exact) mass is 154 g/mol. The van der Waals surface area contributed by atoms with Crippen molar-refractivity contribution in [2.24, 2.45) is 5.41 Å². The molecule has 2 unspecified atom stereocenters. The van der Waals surface area contributed by atoms with Crippen LogP contribution in [0.1, 0.15) is 0 Å². The standard InChI is InChI=1S/C8H12NO2/c1-9-6-2-10-4-8(6)5-11-3-7(8)9/h6-7H,1-5H2/q-1. The van der Waals surface area contributed by atoms with Gasteiger partial charge in [0.15, 0.2) is 0 Å². The predicted molar refractivity (Wildman–Crippen MR) is 38.8 cm³/mol. The molecule has 0 radical (unpaired) electrons. The summed E-state index contributed by atoms with van der Waals surface area (Å²) < 4.78 is 10.9. The summed E-state index contributed by atoms with van der Waals surface area (Å²) in [6.07, 6.45) is 0. The Kier molecular flexibility index (Phi) is 1.04. The highest BCUT2D eigenvalue weighted by atomic mass is 16.5. The number of nitrogens with zero attached hydrogens (tertiary/aromatic N) is 1. The van der Waals surface area contributed by atoms with Crippen LogP contribution in [0.25, 0.3) is 0 Å². The zero-order chi connectivity index (χ0) is 7.47. The van der Waals surface area contributed by atoms with Crippen LogP contribution < -0.4 is 0 Å². The van der Waals surface area contributed by atoms with Crippen molar-refractivity contribution in [3.05, 3.63) is 7.05 Å². The van der Waals surface area contributed by atoms with Gasteiger partial charge < -0.3 is 14.4 Å². The lowest BCUT2D eigenvalue weighted by atomic mass is 9.69. The minimum absolute atomic E-state index is 0.335. The van der Waals surface area contributed by atoms with E-state index in [4.69, 9.17) is 9.47 Å². The third-order valence-electron chi connectivity index (χ3n) is 3.42. The van der Waals surface area contributed by atoms with Crippen molar-refractivity contribution >= 4 is 0 Å². The molecular formula is C8H12NO2-. The highest BCUT2D eigenvalue weighted by Crippen LogP contribution is 2.51. The van der Waals surface area contributed by atoms with Gasteiger partial charge >= 0.3 is 0 Å². The molecule has 0 amide bonds. The van der Waals surface area contributed by atoms with Gasteiger partial charge in [0, 0.05) is 17.5 Å². The van der Waals surface area contributed by atoms with Crippen molar-refractivity contribution in [2.45, 2.75) is 12.1 Å². The molecule has 3 saturated heterocycles. The van der Waals surface area contributed by atoms with Crippen LogP contribution in [-0.4, -0.2) is 43.4 Å². The first-order valence-corrected chi connectivity index (χ1v) is 4.09. The van der Waals surface area contributed by atoms with Crippen LogP contribution in [0.5, 0.6) is 0 Å². The largest absolute Gasteiger partial charge is 0.449 e. The molecule has 62 valence electrons. The van der Waals surface area contributed by atoms with Crippen LogP contribution in [0.3, 0.4) is 0 Å². The summed E-state index contributed by atoms with van der Waals surface area (Å²) in [5, 5.41) is 0. The van der Waals surface area contributed by atoms with Gasteiger partial charge in [0.2, 0.25) is 0 Å². The number of rotatable bonds is 0. The molecule has 3 heteroatoms. The zero-order valence-electron chi connectivity index (χ0n) is 6.45. The van der Waals surface area contributed by atoms with Gasteiger partial charge in [-0.15, -0.1) is 0 Å². The van der Waals surface area contributed by atoms with Crippen LogP contribution in [0.2, 0.25) is 0 Å². The molecule has 2 atom stereocenters. The molecule has 11 heavy (non-hydrogen) atoms. The Morgan fingerprint density at radius 2 is 1.73 bits per heavy atom. The Labute approximate surface area is 66.3 Å². The first-order chi connectivity index (χ1) is 5.34. The predicted octanol–water partition coefficient (Wildman–Crippen LogP) is -0.122. The molecule has 0 N–H and O–H groups in total. The van der Waals surface area contributed by atoms with E-state index in [9.17, 15) is 0 Å². The van der Waals surface area contributed by atoms with Gasteiger partial charge in [-0.3, -0.25) is 7.05 Å². The molecule has 3 aliphatic heterocycles. The van der Waals surface area contributed by atoms with E-state index in [1.165, 1.54) is 0 Å². The Balaban J connectivity index is 1.95. The minimum Gasteiger partial charge on any atom is -0.449 e. The third kappa shape index (κ3) is 0.534. The Bertz CT molecular complexity index is 175. The maximum atomic E-state index is 5.44. The highest BCUT2D eigenvalue weighted by molar-refractivity contribution is 5.16. The van der Waals surface area contributed by atoms with Crippen molar-refractivity contribution in [3.8, 4) is 0 Å². The third-order valence-corrected chi connectivity index (χ3v) is 3.42. The van der Waals surface area contributed by atoms with Gasteiger partial charge in [-0.05, 0) is 0 Å². The summed E-state index contributed by atoms with van der Waals surface area (Å²) >= 11 is 0. The Morgan fingerprint density at radius 1 is 1.18 bits per heavy atom. The van der Waals surface area contributed by atoms with Crippen molar-refractivity contribution in [3.63, 3.8) is 0 Å². The summed E-state index contributed by atoms with van der Waals surface area (Å²) in [4.78, 5) is 2.15. The van der Waals surface area contributed by atoms with Gasteiger partial charge in [-0.1, -0.05) is 0 Å². The zero-order valence-corrected chi connectivity index (χ0v) is 6.45. The topological polar surface area (TPSA) is 21.7 Å². The maximum absolute atomic E-state index is 5.44. The van der Waals surface area contributed by atoms with Crippen molar-refractivity contribution < 1.29 is 9.47 Å². The van der Waals surface area contributed by atoms with Crippen molar-refractivity contribution in [2.75, 3.05) is 26.4 Å². The molecule has 0 saturated carbocycles. The molecule has 1 spiro atoms. The van der Waals surface area contributed by atoms with E-state index < -0.39 is 0 Å². The second-order valence-corrected chi connectivity index (χ2v) is 3.81. The summed E-state index contributed by atoms with van der Waals surface area (Å²) in [5.41, 5.74) is 0.335. The molecule has 3 rings (SSSR count). The lowest BCUT2D eigenvalue weighted by molar-refractivity contribution is -0.0402. The van der Waals surface area contributed by atoms with Crippen molar-refractivity contribution in [1.82, 2.24) is 4.90 Å². The molecule has 3 fully saturated rings. The first kappa shape index (κ1) is 6.40. The lowest BCUT2D eigenvalue weighted by Crippen LogP contribution is -2.68. The van der Waals surface area contributed by atoms with Crippen LogP contribution >= 0.6 is 0 Å². The van der Waals surface area contributed by atoms with E-state index in [2.05, 4.69) is 11.9 Å². The second-order valence-electron chi connectivity index (χ2n) is 3.81. The van der Waals surface area contributed by atoms with E-state index in [1.54, 1.807) is 0 Å². The van der Waals surface area contributed by atoms with Gasteiger partial charge in [0.25, 0.3) is 0 Å². The Morgan fingerprint density at radius 3 is 2.27 bits per heavy atom. The van der Waals surface area contributed by atoms with Crippen LogP contribution in [0.4, 0.5) is 0 Å². The van der Waals surface area contributed by atoms with Gasteiger partial charge in [-0.25, -0.2) is 0 Å². The summed E-state index contributed by atoms with van der Waals surface area (Å²) in [6.45, 7) is 3.47. The van der Waals surface area contributed by atoms with Gasteiger partial charge in [0.1, 0.15) is 0 Å². The molecular weight excluding hydrogens is 142 g/mol. The molecule has 0 aromatic rings. The number of ether oxygens (including phenoxy) is 2. The normalized spacial score (nSPS) is 55.4. The highest BCUT2D eigenvalue weighted by Gasteiger charge is 2.62. The molecule has 0 bridgehead atoms. The fourth-order valence-electron chi connectivity index (χ4n) is 2.69. The average molecular weight is 154 g/mol. The SMILES string of the molecule is [CH2-]N1C2COCC23COCC13.